The van der Waals surface area contributed by atoms with Crippen molar-refractivity contribution in [1.82, 2.24) is 4.98 Å². The molecule has 4 rings (SSSR count). The van der Waals surface area contributed by atoms with Gasteiger partial charge in [-0.25, -0.2) is 0 Å². The Labute approximate surface area is 156 Å². The minimum absolute atomic E-state index is 0.123. The van der Waals surface area contributed by atoms with Crippen molar-refractivity contribution in [2.75, 3.05) is 20.0 Å². The fourth-order valence-electron chi connectivity index (χ4n) is 3.55. The van der Waals surface area contributed by atoms with Crippen LogP contribution in [0, 0.1) is 5.41 Å². The average Bonchev–Trinajstić information content (AvgIpc) is 3.01. The Bertz CT molecular complexity index is 964. The van der Waals surface area contributed by atoms with Crippen molar-refractivity contribution in [3.63, 3.8) is 0 Å². The largest absolute Gasteiger partial charge is 0.493 e. The molecule has 26 heavy (non-hydrogen) atoms. The van der Waals surface area contributed by atoms with Crippen LogP contribution in [0.2, 0.25) is 0 Å². The van der Waals surface area contributed by atoms with E-state index in [1.807, 2.05) is 6.07 Å². The number of nitrogens with one attached hydrogen (secondary N) is 1. The molecule has 0 saturated heterocycles. The highest BCUT2D eigenvalue weighted by atomic mass is 32.2. The SMILES string of the molecule is COC(=O)C[C@@]12CSc3[nH]c(=O)sc3[C@H]1c1cccc(OC)c1OC2=O. The summed E-state index contributed by atoms with van der Waals surface area (Å²) >= 11 is 2.41. The zero-order valence-corrected chi connectivity index (χ0v) is 15.6. The Morgan fingerprint density at radius 3 is 2.92 bits per heavy atom. The molecule has 2 aliphatic rings. The maximum atomic E-state index is 13.1. The normalized spacial score (nSPS) is 23.3. The van der Waals surface area contributed by atoms with Gasteiger partial charge >= 0.3 is 16.8 Å². The quantitative estimate of drug-likeness (QED) is 0.631. The van der Waals surface area contributed by atoms with E-state index < -0.39 is 23.3 Å². The van der Waals surface area contributed by atoms with Gasteiger partial charge in [0.2, 0.25) is 0 Å². The van der Waals surface area contributed by atoms with Gasteiger partial charge in [-0.2, -0.15) is 0 Å². The first kappa shape index (κ1) is 17.2. The van der Waals surface area contributed by atoms with E-state index in [1.165, 1.54) is 26.0 Å². The Kier molecular flexibility index (Phi) is 4.07. The number of aromatic nitrogens is 1. The monoisotopic (exact) mass is 393 g/mol. The molecule has 0 saturated carbocycles. The third-order valence-electron chi connectivity index (χ3n) is 4.76. The predicted octanol–water partition coefficient (Wildman–Crippen LogP) is 2.15. The van der Waals surface area contributed by atoms with Gasteiger partial charge in [-0.3, -0.25) is 14.4 Å². The summed E-state index contributed by atoms with van der Waals surface area (Å²) in [5.74, 6) is -0.404. The molecule has 0 aliphatic carbocycles. The first-order chi connectivity index (χ1) is 12.5. The van der Waals surface area contributed by atoms with Crippen LogP contribution >= 0.6 is 23.1 Å². The molecule has 0 bridgehead atoms. The molecule has 2 aliphatic heterocycles. The van der Waals surface area contributed by atoms with Gasteiger partial charge in [0.05, 0.1) is 25.7 Å². The Morgan fingerprint density at radius 1 is 1.38 bits per heavy atom. The highest BCUT2D eigenvalue weighted by molar-refractivity contribution is 7.99. The lowest BCUT2D eigenvalue weighted by atomic mass is 9.68. The summed E-state index contributed by atoms with van der Waals surface area (Å²) in [4.78, 5) is 40.5. The van der Waals surface area contributed by atoms with Gasteiger partial charge in [-0.1, -0.05) is 23.5 Å². The Morgan fingerprint density at radius 2 is 2.19 bits per heavy atom. The van der Waals surface area contributed by atoms with Crippen molar-refractivity contribution < 1.29 is 23.8 Å². The van der Waals surface area contributed by atoms with Crippen LogP contribution < -0.4 is 14.3 Å². The molecular formula is C17H15NO6S2. The fraction of sp³-hybridized carbons (Fsp3) is 0.353. The Balaban J connectivity index is 1.98. The number of carbonyl (C=O) groups excluding carboxylic acids is 2. The predicted molar refractivity (Wildman–Crippen MR) is 95.2 cm³/mol. The summed E-state index contributed by atoms with van der Waals surface area (Å²) in [6.07, 6.45) is -0.123. The van der Waals surface area contributed by atoms with Crippen LogP contribution in [0.4, 0.5) is 0 Å². The molecule has 0 radical (unpaired) electrons. The summed E-state index contributed by atoms with van der Waals surface area (Å²) in [6, 6.07) is 5.35. The third kappa shape index (κ3) is 2.38. The lowest BCUT2D eigenvalue weighted by Gasteiger charge is -2.44. The molecule has 9 heteroatoms. The first-order valence-electron chi connectivity index (χ1n) is 7.82. The molecule has 2 atom stereocenters. The number of fused-ring (bicyclic) bond motifs is 5. The number of rotatable bonds is 3. The summed E-state index contributed by atoms with van der Waals surface area (Å²) < 4.78 is 15.8. The summed E-state index contributed by atoms with van der Waals surface area (Å²) in [6.45, 7) is 0. The summed E-state index contributed by atoms with van der Waals surface area (Å²) in [5.41, 5.74) is -0.403. The van der Waals surface area contributed by atoms with Gasteiger partial charge in [-0.15, -0.1) is 11.8 Å². The molecule has 0 spiro atoms. The van der Waals surface area contributed by atoms with Crippen molar-refractivity contribution in [2.45, 2.75) is 17.4 Å². The molecular weight excluding hydrogens is 378 g/mol. The van der Waals surface area contributed by atoms with E-state index in [4.69, 9.17) is 14.2 Å². The van der Waals surface area contributed by atoms with Crippen molar-refractivity contribution in [2.24, 2.45) is 5.41 Å². The van der Waals surface area contributed by atoms with E-state index in [-0.39, 0.29) is 11.3 Å². The second-order valence-electron chi connectivity index (χ2n) is 6.11. The third-order valence-corrected chi connectivity index (χ3v) is 7.11. The number of H-pyrrole nitrogens is 1. The molecule has 0 unspecified atom stereocenters. The number of para-hydroxylation sites is 1. The van der Waals surface area contributed by atoms with Crippen LogP contribution in [0.3, 0.4) is 0 Å². The second-order valence-corrected chi connectivity index (χ2v) is 8.11. The van der Waals surface area contributed by atoms with Crippen LogP contribution in [0.1, 0.15) is 22.8 Å². The maximum absolute atomic E-state index is 13.1. The number of hydrogen-bond donors (Lipinski definition) is 1. The van der Waals surface area contributed by atoms with Gasteiger partial charge in [0.1, 0.15) is 5.41 Å². The average molecular weight is 393 g/mol. The van der Waals surface area contributed by atoms with E-state index in [9.17, 15) is 14.4 Å². The molecule has 2 aromatic rings. The highest BCUT2D eigenvalue weighted by Crippen LogP contribution is 2.59. The lowest BCUT2D eigenvalue weighted by Crippen LogP contribution is -2.49. The summed E-state index contributed by atoms with van der Waals surface area (Å²) in [7, 11) is 2.78. The van der Waals surface area contributed by atoms with Crippen LogP contribution in [0.5, 0.6) is 11.5 Å². The van der Waals surface area contributed by atoms with Gasteiger partial charge in [0.25, 0.3) is 0 Å². The molecule has 0 amide bonds. The van der Waals surface area contributed by atoms with E-state index >= 15 is 0 Å². The van der Waals surface area contributed by atoms with Crippen molar-refractivity contribution in [3.05, 3.63) is 38.3 Å². The van der Waals surface area contributed by atoms with Crippen LogP contribution in [-0.2, 0) is 14.3 Å². The minimum atomic E-state index is -1.13. The topological polar surface area (TPSA) is 94.7 Å². The standard InChI is InChI=1S/C17H15NO6S2/c1-22-9-5-3-4-8-11-13-14(18-16(21)26-13)25-7-17(11,6-10(19)23-2)15(20)24-12(8)9/h3-5,11H,6-7H2,1-2H3,(H,18,21)/t11-,17-/m1/s1. The zero-order chi connectivity index (χ0) is 18.5. The number of benzene rings is 1. The van der Waals surface area contributed by atoms with E-state index in [1.54, 1.807) is 12.1 Å². The van der Waals surface area contributed by atoms with Gasteiger partial charge in [-0.05, 0) is 6.07 Å². The zero-order valence-electron chi connectivity index (χ0n) is 14.0. The molecule has 1 aromatic heterocycles. The molecule has 0 fully saturated rings. The summed E-state index contributed by atoms with van der Waals surface area (Å²) in [5, 5.41) is 0.731. The fourth-order valence-corrected chi connectivity index (χ4v) is 6.10. The number of thiazole rings is 1. The number of methoxy groups -OCH3 is 2. The molecule has 136 valence electrons. The maximum Gasteiger partial charge on any atom is 0.320 e. The molecule has 7 nitrogen and oxygen atoms in total. The first-order valence-corrected chi connectivity index (χ1v) is 9.62. The number of thioether (sulfide) groups is 1. The van der Waals surface area contributed by atoms with Crippen molar-refractivity contribution >= 4 is 35.0 Å². The van der Waals surface area contributed by atoms with E-state index in [0.717, 1.165) is 26.8 Å². The van der Waals surface area contributed by atoms with Gasteiger partial charge in [0.15, 0.2) is 11.5 Å². The Hall–Kier alpha value is -2.26. The van der Waals surface area contributed by atoms with Crippen LogP contribution in [0.25, 0.3) is 0 Å². The number of esters is 2. The van der Waals surface area contributed by atoms with Gasteiger partial charge < -0.3 is 19.2 Å². The van der Waals surface area contributed by atoms with E-state index in [2.05, 4.69) is 4.98 Å². The number of ether oxygens (including phenoxy) is 3. The lowest BCUT2D eigenvalue weighted by molar-refractivity contribution is -0.156. The van der Waals surface area contributed by atoms with Crippen LogP contribution in [-0.4, -0.2) is 36.9 Å². The smallest absolute Gasteiger partial charge is 0.320 e. The van der Waals surface area contributed by atoms with E-state index in [0.29, 0.717) is 17.3 Å². The minimum Gasteiger partial charge on any atom is -0.493 e. The van der Waals surface area contributed by atoms with Crippen LogP contribution in [0.15, 0.2) is 28.0 Å². The number of aromatic amines is 1. The van der Waals surface area contributed by atoms with Crippen molar-refractivity contribution in [3.8, 4) is 11.5 Å². The van der Waals surface area contributed by atoms with Gasteiger partial charge in [0, 0.05) is 22.1 Å². The molecule has 1 N–H and O–H groups in total. The number of carbonyl (C=O) groups is 2. The second kappa shape index (κ2) is 6.17. The van der Waals surface area contributed by atoms with Crippen molar-refractivity contribution in [1.29, 1.82) is 0 Å². The molecule has 1 aromatic carbocycles. The highest BCUT2D eigenvalue weighted by Gasteiger charge is 2.57. The molecule has 3 heterocycles. The number of hydrogen-bond acceptors (Lipinski definition) is 8.